The number of carbonyl (C=O) groups is 1. The van der Waals surface area contributed by atoms with Crippen molar-refractivity contribution >= 4 is 5.97 Å². The maximum Gasteiger partial charge on any atom is 0.320 e. The highest BCUT2D eigenvalue weighted by atomic mass is 16.4. The van der Waals surface area contributed by atoms with Crippen LogP contribution in [-0.2, 0) is 4.79 Å². The fourth-order valence-electron chi connectivity index (χ4n) is 0.632. The lowest BCUT2D eigenvalue weighted by Crippen LogP contribution is -2.29. The van der Waals surface area contributed by atoms with Gasteiger partial charge in [-0.2, -0.15) is 0 Å². The number of carboxylic acid groups (broad SMARTS) is 1. The van der Waals surface area contributed by atoms with Crippen LogP contribution in [-0.4, -0.2) is 23.7 Å². The normalized spacial score (nSPS) is 13.0. The Morgan fingerprint density at radius 1 is 1.50 bits per heavy atom. The molecule has 4 nitrogen and oxygen atoms in total. The average molecular weight is 148 g/mol. The molecule has 0 heterocycles. The van der Waals surface area contributed by atoms with Crippen molar-refractivity contribution in [2.75, 3.05) is 6.54 Å². The predicted molar refractivity (Wildman–Crippen MR) is 38.5 cm³/mol. The summed E-state index contributed by atoms with van der Waals surface area (Å²) in [4.78, 5) is 10.1. The number of hydrogen-bond donors (Lipinski definition) is 3. The summed E-state index contributed by atoms with van der Waals surface area (Å²) in [7, 11) is 0. The molecule has 10 heavy (non-hydrogen) atoms. The van der Waals surface area contributed by atoms with Crippen LogP contribution in [0.25, 0.3) is 0 Å². The molecule has 1 atom stereocenters. The fraction of sp³-hybridized carbons (Fsp3) is 0.833. The van der Waals surface area contributed by atoms with Crippen LogP contribution in [0.3, 0.4) is 0 Å². The molecule has 0 aliphatic heterocycles. The van der Waals surface area contributed by atoms with E-state index in [0.717, 1.165) is 12.8 Å². The first-order chi connectivity index (χ1) is 4.68. The van der Waals surface area contributed by atoms with Crippen LogP contribution in [0.4, 0.5) is 0 Å². The van der Waals surface area contributed by atoms with E-state index in [1.807, 2.05) is 0 Å². The van der Waals surface area contributed by atoms with Crippen molar-refractivity contribution in [3.63, 3.8) is 0 Å². The van der Waals surface area contributed by atoms with E-state index in [9.17, 15) is 4.79 Å². The van der Waals surface area contributed by atoms with Crippen LogP contribution in [0.5, 0.6) is 0 Å². The van der Waals surface area contributed by atoms with Gasteiger partial charge in [0, 0.05) is 0 Å². The van der Waals surface area contributed by atoms with Crippen molar-refractivity contribution in [3.8, 4) is 0 Å². The van der Waals surface area contributed by atoms with Gasteiger partial charge in [-0.15, -0.1) is 0 Å². The van der Waals surface area contributed by atoms with Crippen LogP contribution in [0.1, 0.15) is 19.3 Å². The van der Waals surface area contributed by atoms with Gasteiger partial charge < -0.3 is 16.6 Å². The van der Waals surface area contributed by atoms with Crippen LogP contribution in [0.2, 0.25) is 0 Å². The van der Waals surface area contributed by atoms with Crippen LogP contribution >= 0.6 is 0 Å². The number of unbranched alkanes of at least 4 members (excludes halogenated alkanes) is 1. The first kappa shape index (κ1) is 9.39. The monoisotopic (exact) mass is 148 g/mol. The summed E-state index contributed by atoms with van der Waals surface area (Å²) in [5.74, 6) is -0.933. The van der Waals surface area contributed by atoms with E-state index in [2.05, 4.69) is 0 Å². The molecule has 0 aliphatic rings. The molecular weight excluding hydrogens is 134 g/mol. The second-order valence-electron chi connectivity index (χ2n) is 2.23. The third kappa shape index (κ3) is 4.29. The Balaban J connectivity index is 3.21. The lowest BCUT2D eigenvalue weighted by atomic mass is 10.1. The SMILES string of the molecule is NC(CCC[13CH2][15NH2])C(=O)O. The van der Waals surface area contributed by atoms with Crippen molar-refractivity contribution < 1.29 is 9.90 Å². The largest absolute Gasteiger partial charge is 0.480 e. The molecule has 0 aromatic rings. The minimum Gasteiger partial charge on any atom is -0.480 e. The van der Waals surface area contributed by atoms with E-state index in [4.69, 9.17) is 16.6 Å². The first-order valence-electron chi connectivity index (χ1n) is 3.37. The molecule has 60 valence electrons. The van der Waals surface area contributed by atoms with Crippen molar-refractivity contribution in [1.82, 2.24) is 0 Å². The molecule has 0 radical (unpaired) electrons. The van der Waals surface area contributed by atoms with Crippen molar-refractivity contribution in [2.45, 2.75) is 25.3 Å². The molecule has 0 saturated carbocycles. The van der Waals surface area contributed by atoms with Gasteiger partial charge >= 0.3 is 5.97 Å². The van der Waals surface area contributed by atoms with Crippen molar-refractivity contribution in [2.24, 2.45) is 11.5 Å². The van der Waals surface area contributed by atoms with Gasteiger partial charge in [-0.05, 0) is 19.4 Å². The second kappa shape index (κ2) is 5.20. The fourth-order valence-corrected chi connectivity index (χ4v) is 0.632. The zero-order valence-corrected chi connectivity index (χ0v) is 5.92. The first-order valence-corrected chi connectivity index (χ1v) is 3.37. The zero-order valence-electron chi connectivity index (χ0n) is 5.92. The highest BCUT2D eigenvalue weighted by molar-refractivity contribution is 5.72. The van der Waals surface area contributed by atoms with Gasteiger partial charge in [-0.25, -0.2) is 0 Å². The summed E-state index contributed by atoms with van der Waals surface area (Å²) in [6, 6.07) is -0.716. The third-order valence-electron chi connectivity index (χ3n) is 1.29. The molecule has 0 bridgehead atoms. The molecule has 1 unspecified atom stereocenters. The molecule has 0 aliphatic carbocycles. The molecular formula is C6H14N2O2. The summed E-state index contributed by atoms with van der Waals surface area (Å²) in [6.07, 6.45) is 2.16. The summed E-state index contributed by atoms with van der Waals surface area (Å²) >= 11 is 0. The number of carboxylic acids is 1. The van der Waals surface area contributed by atoms with Gasteiger partial charge in [0.2, 0.25) is 0 Å². The van der Waals surface area contributed by atoms with E-state index >= 15 is 0 Å². The molecule has 0 fully saturated rings. The lowest BCUT2D eigenvalue weighted by molar-refractivity contribution is -0.138. The Hall–Kier alpha value is -0.610. The van der Waals surface area contributed by atoms with E-state index in [1.54, 1.807) is 0 Å². The van der Waals surface area contributed by atoms with E-state index in [0.29, 0.717) is 13.0 Å². The number of rotatable bonds is 5. The van der Waals surface area contributed by atoms with E-state index in [-0.39, 0.29) is 0 Å². The maximum atomic E-state index is 10.1. The molecule has 0 saturated heterocycles. The number of hydrogen-bond acceptors (Lipinski definition) is 3. The van der Waals surface area contributed by atoms with Gasteiger partial charge in [0.15, 0.2) is 0 Å². The van der Waals surface area contributed by atoms with Crippen LogP contribution < -0.4 is 11.5 Å². The standard InChI is InChI=1S/C6H14N2O2/c7-4-2-1-3-5(8)6(9)10/h5H,1-4,7-8H2,(H,9,10)/i4+1,7+1. The third-order valence-corrected chi connectivity index (χ3v) is 1.29. The van der Waals surface area contributed by atoms with Crippen LogP contribution in [0.15, 0.2) is 0 Å². The van der Waals surface area contributed by atoms with Gasteiger partial charge in [0.25, 0.3) is 0 Å². The highest BCUT2D eigenvalue weighted by Crippen LogP contribution is 1.96. The van der Waals surface area contributed by atoms with Crippen LogP contribution in [0, 0.1) is 0 Å². The molecule has 0 spiro atoms. The average Bonchev–Trinajstić information content (AvgIpc) is 1.88. The van der Waals surface area contributed by atoms with Gasteiger partial charge in [-0.1, -0.05) is 6.42 Å². The minimum absolute atomic E-state index is 0.520. The lowest BCUT2D eigenvalue weighted by Gasteiger charge is -2.03. The summed E-state index contributed by atoms with van der Waals surface area (Å²) in [5, 5.41) is 8.33. The Labute approximate surface area is 60.2 Å². The minimum atomic E-state index is -0.933. The molecule has 0 aromatic carbocycles. The van der Waals surface area contributed by atoms with Gasteiger partial charge in [0.05, 0.1) is 0 Å². The topological polar surface area (TPSA) is 89.3 Å². The van der Waals surface area contributed by atoms with Gasteiger partial charge in [0.1, 0.15) is 6.04 Å². The smallest absolute Gasteiger partial charge is 0.320 e. The molecule has 0 amide bonds. The van der Waals surface area contributed by atoms with E-state index < -0.39 is 12.0 Å². The molecule has 5 N–H and O–H groups in total. The zero-order chi connectivity index (χ0) is 7.98. The summed E-state index contributed by atoms with van der Waals surface area (Å²) in [6.45, 7) is 0.604. The number of nitrogens with two attached hydrogens (primary N) is 2. The maximum absolute atomic E-state index is 10.1. The van der Waals surface area contributed by atoms with Gasteiger partial charge in [-0.3, -0.25) is 4.79 Å². The summed E-state index contributed by atoms with van der Waals surface area (Å²) < 4.78 is 0. The molecule has 0 aromatic heterocycles. The second-order valence-corrected chi connectivity index (χ2v) is 2.23. The quantitative estimate of drug-likeness (QED) is 0.279. The Morgan fingerprint density at radius 2 is 2.10 bits per heavy atom. The van der Waals surface area contributed by atoms with Crippen molar-refractivity contribution in [3.05, 3.63) is 0 Å². The van der Waals surface area contributed by atoms with Crippen molar-refractivity contribution in [1.29, 1.82) is 0 Å². The Kier molecular flexibility index (Phi) is 4.88. The Morgan fingerprint density at radius 3 is 2.50 bits per heavy atom. The summed E-state index contributed by atoms with van der Waals surface area (Å²) in [5.41, 5.74) is 10.4. The molecule has 0 rings (SSSR count). The Bertz CT molecular complexity index is 106. The number of aliphatic carboxylic acids is 1. The molecule has 4 heteroatoms. The predicted octanol–water partition coefficient (Wildman–Crippen LogP) is -0.473. The highest BCUT2D eigenvalue weighted by Gasteiger charge is 2.09. The van der Waals surface area contributed by atoms with E-state index in [1.165, 1.54) is 0 Å².